The van der Waals surface area contributed by atoms with E-state index in [1.807, 2.05) is 6.92 Å². The molecule has 0 fully saturated rings. The lowest BCUT2D eigenvalue weighted by molar-refractivity contribution is -0.110. The first-order chi connectivity index (χ1) is 2.81. The molecule has 0 spiro atoms. The van der Waals surface area contributed by atoms with E-state index in [0.29, 0.717) is 18.2 Å². The Kier molecular flexibility index (Phi) is 10.5. The first-order valence-electron chi connectivity index (χ1n) is 1.70. The zero-order valence-corrected chi connectivity index (χ0v) is 6.65. The van der Waals surface area contributed by atoms with E-state index in [-0.39, 0.29) is 7.43 Å². The number of carbonyl (C=O) groups excluding carboxylic acids is 1. The molecule has 1 unspecified atom stereocenters. The molecular formula is C4H10IOP. The minimum absolute atomic E-state index is 0. The third-order valence-electron chi connectivity index (χ3n) is 0.427. The normalized spacial score (nSPS) is 8.86. The van der Waals surface area contributed by atoms with Gasteiger partial charge in [0, 0.05) is 12.6 Å². The Morgan fingerprint density at radius 1 is 1.86 bits per heavy atom. The van der Waals surface area contributed by atoms with Crippen molar-refractivity contribution in [1.82, 2.24) is 0 Å². The van der Waals surface area contributed by atoms with Crippen LogP contribution in [0.2, 0.25) is 0 Å². The highest BCUT2D eigenvalue weighted by Crippen LogP contribution is 2.22. The lowest BCUT2D eigenvalue weighted by Gasteiger charge is -1.79. The molecule has 0 bridgehead atoms. The van der Waals surface area contributed by atoms with E-state index in [1.54, 1.807) is 0 Å². The smallest absolute Gasteiger partial charge is 0.161 e. The summed E-state index contributed by atoms with van der Waals surface area (Å²) >= 11 is 2.09. The molecular weight excluding hydrogens is 222 g/mol. The quantitative estimate of drug-likeness (QED) is 0.528. The second kappa shape index (κ2) is 6.83. The monoisotopic (exact) mass is 232 g/mol. The molecule has 0 heterocycles. The summed E-state index contributed by atoms with van der Waals surface area (Å²) in [5.41, 5.74) is 0.357. The number of carbonyl (C=O) groups is 1. The Hall–Kier alpha value is 0.830. The van der Waals surface area contributed by atoms with Gasteiger partial charge in [-0.25, -0.2) is 0 Å². The molecule has 0 radical (unpaired) electrons. The van der Waals surface area contributed by atoms with Crippen LogP contribution < -0.4 is 0 Å². The summed E-state index contributed by atoms with van der Waals surface area (Å²) < 4.78 is 0. The zero-order valence-electron chi connectivity index (χ0n) is 3.49. The van der Waals surface area contributed by atoms with E-state index >= 15 is 0 Å². The molecule has 0 saturated carbocycles. The van der Waals surface area contributed by atoms with Crippen LogP contribution in [0, 0.1) is 0 Å². The van der Waals surface area contributed by atoms with Crippen molar-refractivity contribution in [2.75, 3.05) is 0 Å². The van der Waals surface area contributed by atoms with Crippen LogP contribution >= 0.6 is 28.3 Å². The minimum Gasteiger partial charge on any atom is -0.294 e. The van der Waals surface area contributed by atoms with Crippen LogP contribution in [0.25, 0.3) is 0 Å². The molecule has 0 aromatic carbocycles. The third-order valence-corrected chi connectivity index (χ3v) is 2.80. The van der Waals surface area contributed by atoms with Gasteiger partial charge in [0.05, 0.1) is 0 Å². The SMILES string of the molecule is C.CCC(=O)PI. The molecule has 1 atom stereocenters. The van der Waals surface area contributed by atoms with Crippen LogP contribution in [0.3, 0.4) is 0 Å². The molecule has 0 N–H and O–H groups in total. The molecule has 0 saturated heterocycles. The van der Waals surface area contributed by atoms with Crippen molar-refractivity contribution < 1.29 is 4.79 Å². The third kappa shape index (κ3) is 6.83. The summed E-state index contributed by atoms with van der Waals surface area (Å²) in [4.78, 5) is 10.2. The van der Waals surface area contributed by atoms with Crippen molar-refractivity contribution in [2.45, 2.75) is 20.8 Å². The highest BCUT2D eigenvalue weighted by Gasteiger charge is 1.88. The molecule has 0 aromatic rings. The van der Waals surface area contributed by atoms with Gasteiger partial charge >= 0.3 is 0 Å². The van der Waals surface area contributed by atoms with E-state index < -0.39 is 0 Å². The van der Waals surface area contributed by atoms with Crippen molar-refractivity contribution in [3.63, 3.8) is 0 Å². The van der Waals surface area contributed by atoms with Gasteiger partial charge < -0.3 is 0 Å². The fourth-order valence-corrected chi connectivity index (χ4v) is 1.34. The van der Waals surface area contributed by atoms with Crippen LogP contribution in [0.15, 0.2) is 0 Å². The van der Waals surface area contributed by atoms with Crippen LogP contribution in [-0.2, 0) is 4.79 Å². The van der Waals surface area contributed by atoms with Crippen molar-refractivity contribution in [3.05, 3.63) is 0 Å². The molecule has 1 nitrogen and oxygen atoms in total. The Morgan fingerprint density at radius 3 is 2.29 bits per heavy atom. The number of hydrogen-bond acceptors (Lipinski definition) is 1. The molecule has 3 heteroatoms. The number of rotatable bonds is 2. The van der Waals surface area contributed by atoms with Gasteiger partial charge in [0.2, 0.25) is 0 Å². The van der Waals surface area contributed by atoms with Crippen molar-refractivity contribution in [1.29, 1.82) is 0 Å². The largest absolute Gasteiger partial charge is 0.294 e. The van der Waals surface area contributed by atoms with Gasteiger partial charge in [-0.2, -0.15) is 0 Å². The van der Waals surface area contributed by atoms with E-state index in [1.165, 1.54) is 0 Å². The van der Waals surface area contributed by atoms with Gasteiger partial charge in [0.25, 0.3) is 0 Å². The molecule has 0 aliphatic rings. The summed E-state index contributed by atoms with van der Waals surface area (Å²) in [5.74, 6) is 0. The van der Waals surface area contributed by atoms with E-state index in [9.17, 15) is 4.79 Å². The molecule has 0 rings (SSSR count). The van der Waals surface area contributed by atoms with Crippen LogP contribution in [0.4, 0.5) is 0 Å². The Morgan fingerprint density at radius 2 is 2.29 bits per heavy atom. The highest BCUT2D eigenvalue weighted by atomic mass is 127. The highest BCUT2D eigenvalue weighted by molar-refractivity contribution is 14.2. The van der Waals surface area contributed by atoms with Crippen molar-refractivity contribution in [2.24, 2.45) is 0 Å². The van der Waals surface area contributed by atoms with Crippen molar-refractivity contribution in [3.8, 4) is 0 Å². The lowest BCUT2D eigenvalue weighted by atomic mass is 10.6. The standard InChI is InChI=1S/C3H6IOP.CH4/c1-2-3(5)6-4;/h6H,2H2,1H3;1H4. The van der Waals surface area contributed by atoms with Gasteiger partial charge in [-0.05, 0) is 22.0 Å². The average molecular weight is 232 g/mol. The maximum atomic E-state index is 10.2. The van der Waals surface area contributed by atoms with E-state index in [0.717, 1.165) is 0 Å². The van der Waals surface area contributed by atoms with Gasteiger partial charge in [-0.15, -0.1) is 0 Å². The number of halogens is 1. The molecule has 0 aromatic heterocycles. The van der Waals surface area contributed by atoms with E-state index in [2.05, 4.69) is 22.0 Å². The fourth-order valence-electron chi connectivity index (χ4n) is 0.0668. The topological polar surface area (TPSA) is 17.1 Å². The lowest BCUT2D eigenvalue weighted by Crippen LogP contribution is -1.76. The van der Waals surface area contributed by atoms with Crippen LogP contribution in [0.1, 0.15) is 20.8 Å². The van der Waals surface area contributed by atoms with Gasteiger partial charge in [-0.3, -0.25) is 4.79 Å². The molecule has 44 valence electrons. The predicted octanol–water partition coefficient (Wildman–Crippen LogP) is 2.59. The van der Waals surface area contributed by atoms with Crippen LogP contribution in [-0.4, -0.2) is 5.52 Å². The Balaban J connectivity index is 0. The minimum atomic E-state index is 0. The molecule has 0 amide bonds. The molecule has 0 aliphatic heterocycles. The van der Waals surface area contributed by atoms with Gasteiger partial charge in [0.15, 0.2) is 5.52 Å². The maximum absolute atomic E-state index is 10.2. The van der Waals surface area contributed by atoms with Gasteiger partial charge in [0.1, 0.15) is 0 Å². The second-order valence-corrected chi connectivity index (χ2v) is 3.24. The Labute approximate surface area is 59.5 Å². The fraction of sp³-hybridized carbons (Fsp3) is 0.750. The summed E-state index contributed by atoms with van der Waals surface area (Å²) in [6.07, 6.45) is 1.16. The summed E-state index contributed by atoms with van der Waals surface area (Å²) in [7, 11) is 0. The zero-order chi connectivity index (χ0) is 4.99. The van der Waals surface area contributed by atoms with Gasteiger partial charge in [-0.1, -0.05) is 14.4 Å². The summed E-state index contributed by atoms with van der Waals surface area (Å²) in [5, 5.41) is 0. The second-order valence-electron chi connectivity index (χ2n) is 0.871. The molecule has 0 aliphatic carbocycles. The van der Waals surface area contributed by atoms with Crippen LogP contribution in [0.5, 0.6) is 0 Å². The predicted molar refractivity (Wildman–Crippen MR) is 44.4 cm³/mol. The first-order valence-corrected chi connectivity index (χ1v) is 5.82. The maximum Gasteiger partial charge on any atom is 0.161 e. The molecule has 7 heavy (non-hydrogen) atoms. The average Bonchev–Trinajstić information content (AvgIpc) is 1.65. The van der Waals surface area contributed by atoms with Crippen molar-refractivity contribution >= 4 is 33.8 Å². The first kappa shape index (κ1) is 10.7. The number of hydrogen-bond donors (Lipinski definition) is 0. The summed E-state index contributed by atoms with van der Waals surface area (Å²) in [6.45, 7) is 1.88. The Bertz CT molecular complexity index is 49.7. The van der Waals surface area contributed by atoms with E-state index in [4.69, 9.17) is 0 Å². The summed E-state index contributed by atoms with van der Waals surface area (Å²) in [6, 6.07) is 0.